The van der Waals surface area contributed by atoms with E-state index in [1.807, 2.05) is 0 Å². The molecule has 0 radical (unpaired) electrons. The van der Waals surface area contributed by atoms with Gasteiger partial charge in [-0.15, -0.1) is 19.3 Å². The molecule has 0 N–H and O–H groups in total. The summed E-state index contributed by atoms with van der Waals surface area (Å²) in [6.45, 7) is 0. The van der Waals surface area contributed by atoms with E-state index in [4.69, 9.17) is 19.3 Å². The maximum Gasteiger partial charge on any atom is 0.0353 e. The van der Waals surface area contributed by atoms with Crippen molar-refractivity contribution in [1.82, 2.24) is 0 Å². The van der Waals surface area contributed by atoms with Crippen molar-refractivity contribution >= 4 is 0 Å². The second-order valence-corrected chi connectivity index (χ2v) is 10.5. The summed E-state index contributed by atoms with van der Waals surface area (Å²) < 4.78 is 0. The molecule has 0 heterocycles. The lowest BCUT2D eigenvalue weighted by atomic mass is 9.34. The molecule has 34 heavy (non-hydrogen) atoms. The third-order valence-electron chi connectivity index (χ3n) is 9.16. The van der Waals surface area contributed by atoms with Gasteiger partial charge in [-0.2, -0.15) is 0 Å². The van der Waals surface area contributed by atoms with E-state index in [1.54, 1.807) is 0 Å². The fourth-order valence-electron chi connectivity index (χ4n) is 8.50. The zero-order valence-electron chi connectivity index (χ0n) is 19.4. The van der Waals surface area contributed by atoms with Crippen molar-refractivity contribution in [3.05, 3.63) is 106 Å². The molecule has 2 unspecified atom stereocenters. The average Bonchev–Trinajstić information content (AvgIpc) is 2.88. The SMILES string of the molecule is C#Cc1ccccc1C12CC3CC(CC(C3)C1(c1ccccc1C#C)c1ccccc1C#C)C2. The van der Waals surface area contributed by atoms with Crippen LogP contribution in [0.2, 0.25) is 0 Å². The molecular weight excluding hydrogens is 408 g/mol. The Morgan fingerprint density at radius 1 is 0.559 bits per heavy atom. The zero-order valence-corrected chi connectivity index (χ0v) is 19.4. The normalized spacial score (nSPS) is 28.0. The van der Waals surface area contributed by atoms with Crippen LogP contribution in [0.15, 0.2) is 72.8 Å². The van der Waals surface area contributed by atoms with E-state index < -0.39 is 0 Å². The maximum absolute atomic E-state index is 6.17. The quantitative estimate of drug-likeness (QED) is 0.401. The summed E-state index contributed by atoms with van der Waals surface area (Å²) in [4.78, 5) is 0. The second-order valence-electron chi connectivity index (χ2n) is 10.5. The number of hydrogen-bond acceptors (Lipinski definition) is 0. The van der Waals surface area contributed by atoms with Crippen LogP contribution in [0.5, 0.6) is 0 Å². The summed E-state index contributed by atoms with van der Waals surface area (Å²) in [6, 6.07) is 25.7. The Labute approximate surface area is 203 Å². The van der Waals surface area contributed by atoms with Crippen LogP contribution in [0.4, 0.5) is 0 Å². The van der Waals surface area contributed by atoms with Crippen molar-refractivity contribution in [2.45, 2.75) is 42.9 Å². The lowest BCUT2D eigenvalue weighted by Gasteiger charge is -2.69. The largest absolute Gasteiger partial charge is 0.115 e. The van der Waals surface area contributed by atoms with E-state index in [9.17, 15) is 0 Å². The fourth-order valence-corrected chi connectivity index (χ4v) is 8.50. The molecule has 0 amide bonds. The van der Waals surface area contributed by atoms with Gasteiger partial charge in [0.25, 0.3) is 0 Å². The average molecular weight is 437 g/mol. The van der Waals surface area contributed by atoms with Gasteiger partial charge in [0, 0.05) is 27.5 Å². The summed E-state index contributed by atoms with van der Waals surface area (Å²) in [5.41, 5.74) is 6.27. The van der Waals surface area contributed by atoms with Gasteiger partial charge in [0.1, 0.15) is 0 Å². The van der Waals surface area contributed by atoms with E-state index in [1.165, 1.54) is 36.0 Å². The van der Waals surface area contributed by atoms with Gasteiger partial charge < -0.3 is 0 Å². The van der Waals surface area contributed by atoms with Gasteiger partial charge >= 0.3 is 0 Å². The molecule has 3 aromatic carbocycles. The summed E-state index contributed by atoms with van der Waals surface area (Å²) in [6.07, 6.45) is 24.5. The van der Waals surface area contributed by atoms with Crippen LogP contribution in [-0.4, -0.2) is 0 Å². The number of benzene rings is 3. The Kier molecular flexibility index (Phi) is 4.73. The molecule has 0 saturated heterocycles. The Morgan fingerprint density at radius 2 is 0.971 bits per heavy atom. The molecule has 4 fully saturated rings. The number of hydrogen-bond donors (Lipinski definition) is 0. The van der Waals surface area contributed by atoms with Crippen molar-refractivity contribution in [2.75, 3.05) is 0 Å². The highest BCUT2D eigenvalue weighted by Crippen LogP contribution is 2.72. The lowest BCUT2D eigenvalue weighted by Crippen LogP contribution is -2.65. The monoisotopic (exact) mass is 436 g/mol. The van der Waals surface area contributed by atoms with Crippen LogP contribution in [0.3, 0.4) is 0 Å². The molecular formula is C34H28. The first kappa shape index (κ1) is 20.9. The van der Waals surface area contributed by atoms with Crippen LogP contribution in [0.25, 0.3) is 0 Å². The predicted molar refractivity (Wildman–Crippen MR) is 139 cm³/mol. The number of rotatable bonds is 3. The van der Waals surface area contributed by atoms with Gasteiger partial charge in [0.15, 0.2) is 0 Å². The van der Waals surface area contributed by atoms with Crippen molar-refractivity contribution < 1.29 is 0 Å². The highest BCUT2D eigenvalue weighted by molar-refractivity contribution is 5.63. The Hall–Kier alpha value is -3.66. The van der Waals surface area contributed by atoms with Crippen LogP contribution < -0.4 is 0 Å². The standard InChI is InChI=1S/C34H28/c1-4-26-13-7-10-16-30(26)33-22-24-19-25(23-33)21-29(20-24)34(33,31-17-11-8-14-27(31)5-2)32-18-12-9-15-28(32)6-3/h1-3,7-18,24-25,29H,19-23H2. The van der Waals surface area contributed by atoms with Gasteiger partial charge in [-0.3, -0.25) is 0 Å². The Bertz CT molecular complexity index is 1330. The van der Waals surface area contributed by atoms with Crippen molar-refractivity contribution in [3.8, 4) is 37.0 Å². The first-order valence-electron chi connectivity index (χ1n) is 12.4. The third-order valence-corrected chi connectivity index (χ3v) is 9.16. The van der Waals surface area contributed by atoms with E-state index in [2.05, 4.69) is 90.6 Å². The van der Waals surface area contributed by atoms with Crippen molar-refractivity contribution in [3.63, 3.8) is 0 Å². The van der Waals surface area contributed by atoms with Crippen LogP contribution >= 0.6 is 0 Å². The predicted octanol–water partition coefficient (Wildman–Crippen LogP) is 6.69. The summed E-state index contributed by atoms with van der Waals surface area (Å²) in [5.74, 6) is 11.0. The summed E-state index contributed by atoms with van der Waals surface area (Å²) >= 11 is 0. The van der Waals surface area contributed by atoms with Gasteiger partial charge in [-0.25, -0.2) is 0 Å². The molecule has 3 aromatic rings. The van der Waals surface area contributed by atoms with Gasteiger partial charge in [0.2, 0.25) is 0 Å². The molecule has 7 rings (SSSR count). The molecule has 164 valence electrons. The highest BCUT2D eigenvalue weighted by Gasteiger charge is 2.68. The topological polar surface area (TPSA) is 0 Å². The third kappa shape index (κ3) is 2.60. The highest BCUT2D eigenvalue weighted by atomic mass is 14.7. The first-order chi connectivity index (χ1) is 16.7. The molecule has 0 aliphatic heterocycles. The maximum atomic E-state index is 6.17. The smallest absolute Gasteiger partial charge is 0.0353 e. The molecule has 0 spiro atoms. The second kappa shape index (κ2) is 7.69. The number of terminal acetylenes is 3. The molecule has 0 heteroatoms. The molecule has 2 atom stereocenters. The molecule has 4 saturated carbocycles. The van der Waals surface area contributed by atoms with Crippen LogP contribution in [0, 0.1) is 54.8 Å². The minimum absolute atomic E-state index is 0.148. The van der Waals surface area contributed by atoms with E-state index in [-0.39, 0.29) is 10.8 Å². The van der Waals surface area contributed by atoms with Crippen LogP contribution in [0.1, 0.15) is 65.5 Å². The molecule has 0 nitrogen and oxygen atoms in total. The molecule has 4 aliphatic carbocycles. The van der Waals surface area contributed by atoms with Gasteiger partial charge in [-0.1, -0.05) is 72.4 Å². The van der Waals surface area contributed by atoms with Crippen molar-refractivity contribution in [2.24, 2.45) is 17.8 Å². The zero-order chi connectivity index (χ0) is 23.3. The minimum Gasteiger partial charge on any atom is -0.115 e. The molecule has 4 bridgehead atoms. The summed E-state index contributed by atoms with van der Waals surface area (Å²) in [5, 5.41) is 0. The molecule has 0 aromatic heterocycles. The first-order valence-corrected chi connectivity index (χ1v) is 12.4. The lowest BCUT2D eigenvalue weighted by molar-refractivity contribution is -0.0674. The summed E-state index contributed by atoms with van der Waals surface area (Å²) in [7, 11) is 0. The molecule has 4 aliphatic rings. The Morgan fingerprint density at radius 3 is 1.44 bits per heavy atom. The van der Waals surface area contributed by atoms with Gasteiger partial charge in [0.05, 0.1) is 0 Å². The fraction of sp³-hybridized carbons (Fsp3) is 0.294. The van der Waals surface area contributed by atoms with Gasteiger partial charge in [-0.05, 0) is 84.7 Å². The van der Waals surface area contributed by atoms with E-state index in [0.717, 1.165) is 29.5 Å². The van der Waals surface area contributed by atoms with E-state index in [0.29, 0.717) is 17.8 Å². The van der Waals surface area contributed by atoms with E-state index >= 15 is 0 Å². The Balaban J connectivity index is 1.81. The van der Waals surface area contributed by atoms with Crippen LogP contribution in [-0.2, 0) is 10.8 Å². The van der Waals surface area contributed by atoms with Crippen molar-refractivity contribution in [1.29, 1.82) is 0 Å². The minimum atomic E-state index is -0.320.